The first kappa shape index (κ1) is 11.4. The van der Waals surface area contributed by atoms with Crippen LogP contribution in [0.2, 0.25) is 5.02 Å². The van der Waals surface area contributed by atoms with Gasteiger partial charge in [0.15, 0.2) is 0 Å². The van der Waals surface area contributed by atoms with Crippen LogP contribution in [0, 0.1) is 0 Å². The maximum Gasteiger partial charge on any atom is 0.272 e. The summed E-state index contributed by atoms with van der Waals surface area (Å²) in [5, 5.41) is 9.42. The lowest BCUT2D eigenvalue weighted by molar-refractivity contribution is 0.0701. The molecule has 5 heteroatoms. The number of carbonyl (C=O) groups is 1. The van der Waals surface area contributed by atoms with Crippen LogP contribution in [-0.2, 0) is 0 Å². The predicted molar refractivity (Wildman–Crippen MR) is 60.4 cm³/mol. The van der Waals surface area contributed by atoms with Gasteiger partial charge in [0, 0.05) is 23.8 Å². The van der Waals surface area contributed by atoms with E-state index in [2.05, 4.69) is 4.98 Å². The molecule has 0 bridgehead atoms. The van der Waals surface area contributed by atoms with Gasteiger partial charge in [0.05, 0.1) is 6.61 Å². The summed E-state index contributed by atoms with van der Waals surface area (Å²) in [4.78, 5) is 17.7. The third-order valence-electron chi connectivity index (χ3n) is 2.53. The van der Waals surface area contributed by atoms with E-state index in [1.165, 1.54) is 6.20 Å². The van der Waals surface area contributed by atoms with Crippen molar-refractivity contribution < 1.29 is 9.90 Å². The van der Waals surface area contributed by atoms with Crippen molar-refractivity contribution in [1.82, 2.24) is 9.88 Å². The fourth-order valence-corrected chi connectivity index (χ4v) is 1.77. The number of hydrogen-bond donors (Lipinski definition) is 1. The van der Waals surface area contributed by atoms with Crippen LogP contribution in [0.3, 0.4) is 0 Å². The van der Waals surface area contributed by atoms with E-state index in [1.54, 1.807) is 17.0 Å². The normalized spacial score (nSPS) is 14.9. The van der Waals surface area contributed by atoms with Gasteiger partial charge in [-0.15, -0.1) is 0 Å². The molecule has 1 fully saturated rings. The molecule has 0 atom stereocenters. The van der Waals surface area contributed by atoms with Gasteiger partial charge in [0.2, 0.25) is 0 Å². The van der Waals surface area contributed by atoms with Crippen molar-refractivity contribution in [1.29, 1.82) is 0 Å². The highest BCUT2D eigenvalue weighted by molar-refractivity contribution is 6.30. The van der Waals surface area contributed by atoms with E-state index in [9.17, 15) is 4.79 Å². The van der Waals surface area contributed by atoms with Crippen LogP contribution in [0.1, 0.15) is 23.3 Å². The smallest absolute Gasteiger partial charge is 0.272 e. The van der Waals surface area contributed by atoms with Gasteiger partial charge in [-0.05, 0) is 25.0 Å². The Morgan fingerprint density at radius 2 is 2.38 bits per heavy atom. The molecule has 1 saturated carbocycles. The lowest BCUT2D eigenvalue weighted by atomic mass is 10.3. The zero-order valence-electron chi connectivity index (χ0n) is 8.77. The first-order valence-corrected chi connectivity index (χ1v) is 5.63. The summed E-state index contributed by atoms with van der Waals surface area (Å²) in [7, 11) is 0. The molecular weight excluding hydrogens is 228 g/mol. The van der Waals surface area contributed by atoms with E-state index in [0.29, 0.717) is 17.3 Å². The number of nitrogens with zero attached hydrogens (tertiary/aromatic N) is 2. The number of carbonyl (C=O) groups excluding carboxylic acids is 1. The lowest BCUT2D eigenvalue weighted by Crippen LogP contribution is -2.35. The van der Waals surface area contributed by atoms with Crippen LogP contribution >= 0.6 is 11.6 Å². The van der Waals surface area contributed by atoms with Gasteiger partial charge in [-0.1, -0.05) is 11.6 Å². The van der Waals surface area contributed by atoms with Crippen molar-refractivity contribution in [3.8, 4) is 0 Å². The lowest BCUT2D eigenvalue weighted by Gasteiger charge is -2.20. The Hall–Kier alpha value is -1.13. The molecule has 1 N–H and O–H groups in total. The molecule has 0 spiro atoms. The molecule has 2 rings (SSSR count). The number of aromatic nitrogens is 1. The van der Waals surface area contributed by atoms with Crippen LogP contribution in [0.25, 0.3) is 0 Å². The molecule has 0 saturated heterocycles. The first-order chi connectivity index (χ1) is 7.72. The molecule has 1 amide bonds. The summed E-state index contributed by atoms with van der Waals surface area (Å²) >= 11 is 5.81. The van der Waals surface area contributed by atoms with Crippen molar-refractivity contribution in [3.05, 3.63) is 29.0 Å². The third kappa shape index (κ3) is 2.51. The average Bonchev–Trinajstić information content (AvgIpc) is 3.09. The van der Waals surface area contributed by atoms with Crippen molar-refractivity contribution in [2.45, 2.75) is 18.9 Å². The van der Waals surface area contributed by atoms with Crippen molar-refractivity contribution >= 4 is 17.5 Å². The van der Waals surface area contributed by atoms with Gasteiger partial charge in [-0.3, -0.25) is 9.78 Å². The minimum absolute atomic E-state index is 0.0250. The number of aliphatic hydroxyl groups is 1. The van der Waals surface area contributed by atoms with Crippen molar-refractivity contribution in [3.63, 3.8) is 0 Å². The predicted octanol–water partition coefficient (Wildman–Crippen LogP) is 1.33. The molecule has 16 heavy (non-hydrogen) atoms. The number of halogens is 1. The SMILES string of the molecule is O=C(c1cc(Cl)ccn1)N(CCO)C1CC1. The highest BCUT2D eigenvalue weighted by atomic mass is 35.5. The van der Waals surface area contributed by atoms with E-state index in [-0.39, 0.29) is 18.6 Å². The molecule has 1 aliphatic carbocycles. The van der Waals surface area contributed by atoms with Crippen molar-refractivity contribution in [2.75, 3.05) is 13.2 Å². The van der Waals surface area contributed by atoms with E-state index in [4.69, 9.17) is 16.7 Å². The Bertz CT molecular complexity index is 393. The molecule has 1 aromatic rings. The van der Waals surface area contributed by atoms with Gasteiger partial charge >= 0.3 is 0 Å². The first-order valence-electron chi connectivity index (χ1n) is 5.26. The molecular formula is C11H13ClN2O2. The van der Waals surface area contributed by atoms with Crippen LogP contribution in [0.5, 0.6) is 0 Å². The maximum absolute atomic E-state index is 12.1. The van der Waals surface area contributed by atoms with E-state index in [0.717, 1.165) is 12.8 Å². The van der Waals surface area contributed by atoms with Gasteiger partial charge < -0.3 is 10.0 Å². The van der Waals surface area contributed by atoms with E-state index < -0.39 is 0 Å². The van der Waals surface area contributed by atoms with Crippen LogP contribution < -0.4 is 0 Å². The summed E-state index contributed by atoms with van der Waals surface area (Å²) < 4.78 is 0. The molecule has 0 aliphatic heterocycles. The zero-order chi connectivity index (χ0) is 11.5. The summed E-state index contributed by atoms with van der Waals surface area (Å²) in [6.07, 6.45) is 3.53. The maximum atomic E-state index is 12.1. The Balaban J connectivity index is 2.15. The fourth-order valence-electron chi connectivity index (χ4n) is 1.61. The Morgan fingerprint density at radius 1 is 1.62 bits per heavy atom. The highest BCUT2D eigenvalue weighted by Crippen LogP contribution is 2.27. The second-order valence-corrected chi connectivity index (χ2v) is 4.25. The second kappa shape index (κ2) is 4.80. The summed E-state index contributed by atoms with van der Waals surface area (Å²) in [6, 6.07) is 3.45. The minimum atomic E-state index is -0.154. The van der Waals surface area contributed by atoms with Crippen LogP contribution in [0.4, 0.5) is 0 Å². The van der Waals surface area contributed by atoms with E-state index >= 15 is 0 Å². The third-order valence-corrected chi connectivity index (χ3v) is 2.77. The Kier molecular flexibility index (Phi) is 3.41. The summed E-state index contributed by atoms with van der Waals surface area (Å²) in [6.45, 7) is 0.334. The number of amides is 1. The largest absolute Gasteiger partial charge is 0.395 e. The molecule has 4 nitrogen and oxygen atoms in total. The number of aliphatic hydroxyl groups excluding tert-OH is 1. The second-order valence-electron chi connectivity index (χ2n) is 3.81. The molecule has 86 valence electrons. The molecule has 1 aromatic heterocycles. The number of rotatable bonds is 4. The van der Waals surface area contributed by atoms with Crippen molar-refractivity contribution in [2.24, 2.45) is 0 Å². The average molecular weight is 241 g/mol. The molecule has 0 radical (unpaired) electrons. The number of pyridine rings is 1. The van der Waals surface area contributed by atoms with Crippen LogP contribution in [0.15, 0.2) is 18.3 Å². The Labute approximate surface area is 98.9 Å². The summed E-state index contributed by atoms with van der Waals surface area (Å²) in [5.41, 5.74) is 0.341. The summed E-state index contributed by atoms with van der Waals surface area (Å²) in [5.74, 6) is -0.154. The molecule has 1 aliphatic rings. The number of hydrogen-bond acceptors (Lipinski definition) is 3. The topological polar surface area (TPSA) is 53.4 Å². The fraction of sp³-hybridized carbons (Fsp3) is 0.455. The minimum Gasteiger partial charge on any atom is -0.395 e. The van der Waals surface area contributed by atoms with Gasteiger partial charge in [-0.25, -0.2) is 0 Å². The Morgan fingerprint density at radius 3 is 2.94 bits per heavy atom. The van der Waals surface area contributed by atoms with E-state index in [1.807, 2.05) is 0 Å². The standard InChI is InChI=1S/C11H13ClN2O2/c12-8-3-4-13-10(7-8)11(16)14(5-6-15)9-1-2-9/h3-4,7,9,15H,1-2,5-6H2. The molecule has 1 heterocycles. The monoisotopic (exact) mass is 240 g/mol. The van der Waals surface area contributed by atoms with Gasteiger partial charge in [0.1, 0.15) is 5.69 Å². The van der Waals surface area contributed by atoms with Crippen LogP contribution in [-0.4, -0.2) is 40.1 Å². The highest BCUT2D eigenvalue weighted by Gasteiger charge is 2.33. The molecule has 0 unspecified atom stereocenters. The zero-order valence-corrected chi connectivity index (χ0v) is 9.52. The quantitative estimate of drug-likeness (QED) is 0.864. The molecule has 0 aromatic carbocycles. The van der Waals surface area contributed by atoms with Gasteiger partial charge in [0.25, 0.3) is 5.91 Å². The van der Waals surface area contributed by atoms with Gasteiger partial charge in [-0.2, -0.15) is 0 Å².